The lowest BCUT2D eigenvalue weighted by Crippen LogP contribution is -2.62. The van der Waals surface area contributed by atoms with E-state index in [0.29, 0.717) is 17.9 Å². The van der Waals surface area contributed by atoms with E-state index in [2.05, 4.69) is 20.7 Å². The number of likely N-dealkylation sites (tertiary alicyclic amines) is 1. The van der Waals surface area contributed by atoms with Crippen LogP contribution in [0.25, 0.3) is 11.4 Å². The Labute approximate surface area is 139 Å². The largest absolute Gasteiger partial charge is 0.380 e. The molecule has 2 fully saturated rings. The van der Waals surface area contributed by atoms with Crippen molar-refractivity contribution in [3.63, 3.8) is 0 Å². The second-order valence-electron chi connectivity index (χ2n) is 6.23. The fraction of sp³-hybridized carbons (Fsp3) is 0.500. The summed E-state index contributed by atoms with van der Waals surface area (Å²) in [4.78, 5) is 15.4. The normalized spacial score (nSPS) is 21.0. The van der Waals surface area contributed by atoms with E-state index in [9.17, 15) is 4.79 Å². The number of carbonyl (C=O) groups is 1. The van der Waals surface area contributed by atoms with Crippen LogP contribution in [-0.4, -0.2) is 69.4 Å². The molecule has 8 heteroatoms. The molecule has 0 spiro atoms. The van der Waals surface area contributed by atoms with Gasteiger partial charge in [0.2, 0.25) is 11.7 Å². The Hall–Kier alpha value is -2.32. The first kappa shape index (κ1) is 15.2. The van der Waals surface area contributed by atoms with E-state index < -0.39 is 0 Å². The summed E-state index contributed by atoms with van der Waals surface area (Å²) >= 11 is 0. The van der Waals surface area contributed by atoms with E-state index >= 15 is 0 Å². The minimum absolute atomic E-state index is 0.0210. The van der Waals surface area contributed by atoms with Crippen LogP contribution in [0.4, 0.5) is 0 Å². The molecule has 0 bridgehead atoms. The van der Waals surface area contributed by atoms with Crippen molar-refractivity contribution in [1.29, 1.82) is 0 Å². The predicted molar refractivity (Wildman–Crippen MR) is 86.0 cm³/mol. The van der Waals surface area contributed by atoms with Crippen LogP contribution in [0.1, 0.15) is 6.42 Å². The molecule has 126 valence electrons. The maximum atomic E-state index is 12.3. The average molecular weight is 328 g/mol. The van der Waals surface area contributed by atoms with E-state index in [1.807, 2.05) is 35.2 Å². The zero-order valence-electron chi connectivity index (χ0n) is 13.3. The van der Waals surface area contributed by atoms with Crippen LogP contribution in [0.15, 0.2) is 30.3 Å². The summed E-state index contributed by atoms with van der Waals surface area (Å²) in [5, 5.41) is 15.8. The van der Waals surface area contributed by atoms with Crippen LogP contribution >= 0.6 is 0 Å². The first-order valence-electron chi connectivity index (χ1n) is 8.23. The Morgan fingerprint density at radius 3 is 2.83 bits per heavy atom. The standard InChI is InChI=1S/C16H20N6O2/c23-15(21-8-14(9-21)17-13-6-7-24-11-13)10-22-19-16(18-20-22)12-4-2-1-3-5-12/h1-5,13-14,17H,6-11H2. The highest BCUT2D eigenvalue weighted by atomic mass is 16.5. The van der Waals surface area contributed by atoms with Crippen LogP contribution in [0.3, 0.4) is 0 Å². The van der Waals surface area contributed by atoms with Crippen molar-refractivity contribution in [2.75, 3.05) is 26.3 Å². The molecule has 1 unspecified atom stereocenters. The number of hydrogen-bond donors (Lipinski definition) is 1. The number of aromatic nitrogens is 4. The van der Waals surface area contributed by atoms with E-state index in [-0.39, 0.29) is 12.5 Å². The van der Waals surface area contributed by atoms with Gasteiger partial charge in [-0.3, -0.25) is 4.79 Å². The maximum absolute atomic E-state index is 12.3. The zero-order valence-corrected chi connectivity index (χ0v) is 13.3. The number of benzene rings is 1. The second kappa shape index (κ2) is 6.66. The Morgan fingerprint density at radius 2 is 2.08 bits per heavy atom. The summed E-state index contributed by atoms with van der Waals surface area (Å²) in [6.45, 7) is 3.19. The van der Waals surface area contributed by atoms with Gasteiger partial charge in [-0.25, -0.2) is 0 Å². The Balaban J connectivity index is 1.27. The number of nitrogens with zero attached hydrogens (tertiary/aromatic N) is 5. The number of amides is 1. The van der Waals surface area contributed by atoms with E-state index in [1.54, 1.807) is 0 Å². The molecule has 2 aliphatic heterocycles. The van der Waals surface area contributed by atoms with Gasteiger partial charge in [0, 0.05) is 37.3 Å². The minimum Gasteiger partial charge on any atom is -0.380 e. The molecule has 1 aromatic heterocycles. The van der Waals surface area contributed by atoms with Crippen molar-refractivity contribution in [2.45, 2.75) is 25.0 Å². The van der Waals surface area contributed by atoms with E-state index in [4.69, 9.17) is 4.74 Å². The van der Waals surface area contributed by atoms with Gasteiger partial charge in [-0.1, -0.05) is 30.3 Å². The minimum atomic E-state index is 0.0210. The molecule has 1 N–H and O–H groups in total. The third-order valence-corrected chi connectivity index (χ3v) is 4.40. The Morgan fingerprint density at radius 1 is 1.25 bits per heavy atom. The lowest BCUT2D eigenvalue weighted by molar-refractivity contribution is -0.137. The van der Waals surface area contributed by atoms with Crippen molar-refractivity contribution >= 4 is 5.91 Å². The first-order chi connectivity index (χ1) is 11.8. The summed E-state index contributed by atoms with van der Waals surface area (Å²) in [5.41, 5.74) is 0.892. The van der Waals surface area contributed by atoms with Crippen molar-refractivity contribution in [1.82, 2.24) is 30.4 Å². The van der Waals surface area contributed by atoms with Gasteiger partial charge in [0.15, 0.2) is 0 Å². The molecule has 1 atom stereocenters. The summed E-state index contributed by atoms with van der Waals surface area (Å²) < 4.78 is 5.35. The topological polar surface area (TPSA) is 85.2 Å². The lowest BCUT2D eigenvalue weighted by Gasteiger charge is -2.40. The van der Waals surface area contributed by atoms with Crippen LogP contribution in [0.5, 0.6) is 0 Å². The van der Waals surface area contributed by atoms with Gasteiger partial charge in [0.05, 0.1) is 6.61 Å². The molecule has 1 amide bonds. The van der Waals surface area contributed by atoms with Crippen molar-refractivity contribution in [3.8, 4) is 11.4 Å². The molecule has 2 aliphatic rings. The number of ether oxygens (including phenoxy) is 1. The summed E-state index contributed by atoms with van der Waals surface area (Å²) in [6.07, 6.45) is 1.05. The Kier molecular flexibility index (Phi) is 4.22. The number of rotatable bonds is 5. The summed E-state index contributed by atoms with van der Waals surface area (Å²) in [7, 11) is 0. The average Bonchev–Trinajstić information content (AvgIpc) is 3.23. The molecule has 8 nitrogen and oxygen atoms in total. The van der Waals surface area contributed by atoms with Gasteiger partial charge in [-0.05, 0) is 11.6 Å². The highest BCUT2D eigenvalue weighted by molar-refractivity contribution is 5.76. The summed E-state index contributed by atoms with van der Waals surface area (Å²) in [5.74, 6) is 0.556. The van der Waals surface area contributed by atoms with E-state index in [1.165, 1.54) is 4.80 Å². The summed E-state index contributed by atoms with van der Waals surface area (Å²) in [6, 6.07) is 10.4. The zero-order chi connectivity index (χ0) is 16.4. The van der Waals surface area contributed by atoms with E-state index in [0.717, 1.165) is 38.3 Å². The van der Waals surface area contributed by atoms with Crippen molar-refractivity contribution in [2.24, 2.45) is 0 Å². The third-order valence-electron chi connectivity index (χ3n) is 4.40. The third kappa shape index (κ3) is 3.29. The van der Waals surface area contributed by atoms with Gasteiger partial charge in [0.25, 0.3) is 0 Å². The van der Waals surface area contributed by atoms with Crippen molar-refractivity contribution < 1.29 is 9.53 Å². The van der Waals surface area contributed by atoms with Crippen LogP contribution < -0.4 is 5.32 Å². The number of hydrogen-bond acceptors (Lipinski definition) is 6. The monoisotopic (exact) mass is 328 g/mol. The van der Waals surface area contributed by atoms with Crippen LogP contribution in [-0.2, 0) is 16.1 Å². The van der Waals surface area contributed by atoms with Gasteiger partial charge in [0.1, 0.15) is 6.54 Å². The molecular weight excluding hydrogens is 308 g/mol. The fourth-order valence-electron chi connectivity index (χ4n) is 3.02. The number of tetrazole rings is 1. The van der Waals surface area contributed by atoms with Gasteiger partial charge >= 0.3 is 0 Å². The molecule has 1 aromatic carbocycles. The quantitative estimate of drug-likeness (QED) is 0.827. The van der Waals surface area contributed by atoms with Gasteiger partial charge in [-0.15, -0.1) is 10.2 Å². The smallest absolute Gasteiger partial charge is 0.246 e. The predicted octanol–water partition coefficient (Wildman–Crippen LogP) is -0.0706. The van der Waals surface area contributed by atoms with Gasteiger partial charge in [-0.2, -0.15) is 4.80 Å². The molecular formula is C16H20N6O2. The molecule has 24 heavy (non-hydrogen) atoms. The fourth-order valence-corrected chi connectivity index (χ4v) is 3.02. The molecule has 3 heterocycles. The highest BCUT2D eigenvalue weighted by Gasteiger charge is 2.33. The molecule has 2 saturated heterocycles. The van der Waals surface area contributed by atoms with Crippen molar-refractivity contribution in [3.05, 3.63) is 30.3 Å². The molecule has 0 saturated carbocycles. The number of carbonyl (C=O) groups excluding carboxylic acids is 1. The van der Waals surface area contributed by atoms with Gasteiger partial charge < -0.3 is 15.0 Å². The van der Waals surface area contributed by atoms with Crippen LogP contribution in [0, 0.1) is 0 Å². The molecule has 0 radical (unpaired) electrons. The molecule has 4 rings (SSSR count). The molecule has 0 aliphatic carbocycles. The number of nitrogens with one attached hydrogen (secondary N) is 1. The lowest BCUT2D eigenvalue weighted by atomic mass is 10.1. The molecule has 2 aromatic rings. The second-order valence-corrected chi connectivity index (χ2v) is 6.23. The first-order valence-corrected chi connectivity index (χ1v) is 8.23. The SMILES string of the molecule is O=C(Cn1nnc(-c2ccccc2)n1)N1CC(NC2CCOC2)C1. The van der Waals surface area contributed by atoms with Crippen LogP contribution in [0.2, 0.25) is 0 Å². The Bertz CT molecular complexity index is 692. The highest BCUT2D eigenvalue weighted by Crippen LogP contribution is 2.14. The maximum Gasteiger partial charge on any atom is 0.246 e.